The molecule has 0 aromatic heterocycles. The Morgan fingerprint density at radius 3 is 2.36 bits per heavy atom. The van der Waals surface area contributed by atoms with Crippen molar-refractivity contribution in [2.75, 3.05) is 14.1 Å². The highest BCUT2D eigenvalue weighted by atomic mass is 16.3. The molecule has 1 amide bonds. The highest BCUT2D eigenvalue weighted by molar-refractivity contribution is 5.92. The van der Waals surface area contributed by atoms with Crippen molar-refractivity contribution in [1.29, 1.82) is 0 Å². The highest BCUT2D eigenvalue weighted by Gasteiger charge is 2.11. The zero-order valence-electron chi connectivity index (χ0n) is 9.16. The van der Waals surface area contributed by atoms with Crippen LogP contribution in [0.15, 0.2) is 11.6 Å². The first kappa shape index (κ1) is 13.1. The molecule has 0 heterocycles. The third-order valence-electron chi connectivity index (χ3n) is 1.75. The lowest BCUT2D eigenvalue weighted by atomic mass is 10.2. The second kappa shape index (κ2) is 6.53. The van der Waals surface area contributed by atoms with Crippen LogP contribution >= 0.6 is 0 Å². The maximum absolute atomic E-state index is 11.6. The molecule has 1 unspecified atom stereocenters. The van der Waals surface area contributed by atoms with Crippen LogP contribution in [0.5, 0.6) is 0 Å². The van der Waals surface area contributed by atoms with E-state index in [1.54, 1.807) is 34.0 Å². The van der Waals surface area contributed by atoms with Crippen molar-refractivity contribution in [3.8, 4) is 0 Å². The molecule has 5 nitrogen and oxygen atoms in total. The highest BCUT2D eigenvalue weighted by Crippen LogP contribution is 2.01. The monoisotopic (exact) mass is 201 g/mol. The molecule has 1 atom stereocenters. The molecule has 0 rings (SSSR count). The predicted molar refractivity (Wildman–Crippen MR) is 55.0 cm³/mol. The zero-order valence-corrected chi connectivity index (χ0v) is 9.16. The Kier molecular flexibility index (Phi) is 6.11. The number of hydrazine groups is 2. The number of rotatable bonds is 5. The molecule has 0 fully saturated rings. The third-order valence-corrected chi connectivity index (χ3v) is 1.75. The number of aliphatic hydroxyl groups excluding tert-OH is 1. The van der Waals surface area contributed by atoms with Crippen molar-refractivity contribution in [2.24, 2.45) is 0 Å². The summed E-state index contributed by atoms with van der Waals surface area (Å²) in [5.74, 6) is -0.157. The van der Waals surface area contributed by atoms with Crippen LogP contribution in [0.4, 0.5) is 0 Å². The van der Waals surface area contributed by atoms with E-state index in [9.17, 15) is 4.79 Å². The Hall–Kier alpha value is -0.910. The van der Waals surface area contributed by atoms with Gasteiger partial charge in [0.05, 0.1) is 6.10 Å². The molecule has 82 valence electrons. The Morgan fingerprint density at radius 1 is 1.50 bits per heavy atom. The van der Waals surface area contributed by atoms with E-state index in [0.29, 0.717) is 12.0 Å². The lowest BCUT2D eigenvalue weighted by Crippen LogP contribution is -2.48. The number of hydrogen-bond donors (Lipinski definition) is 3. The average molecular weight is 201 g/mol. The van der Waals surface area contributed by atoms with Crippen LogP contribution in [0.2, 0.25) is 0 Å². The Morgan fingerprint density at radius 2 is 2.00 bits per heavy atom. The first-order valence-corrected chi connectivity index (χ1v) is 4.57. The minimum atomic E-state index is -0.421. The van der Waals surface area contributed by atoms with Crippen LogP contribution in [-0.4, -0.2) is 36.3 Å². The Labute approximate surface area is 84.7 Å². The molecular formula is C9H19N3O2. The summed E-state index contributed by atoms with van der Waals surface area (Å²) in [4.78, 5) is 11.6. The fourth-order valence-electron chi connectivity index (χ4n) is 0.926. The molecule has 0 bridgehead atoms. The van der Waals surface area contributed by atoms with E-state index in [4.69, 9.17) is 5.11 Å². The van der Waals surface area contributed by atoms with Gasteiger partial charge in [0.1, 0.15) is 0 Å². The van der Waals surface area contributed by atoms with Crippen LogP contribution in [0, 0.1) is 0 Å². The van der Waals surface area contributed by atoms with Crippen LogP contribution in [-0.2, 0) is 4.79 Å². The Bertz CT molecular complexity index is 210. The number of nitrogens with zero attached hydrogens (tertiary/aromatic N) is 1. The van der Waals surface area contributed by atoms with Crippen molar-refractivity contribution in [2.45, 2.75) is 26.4 Å². The van der Waals surface area contributed by atoms with Gasteiger partial charge in [-0.05, 0) is 20.3 Å². The number of nitrogens with one attached hydrogen (secondary N) is 2. The van der Waals surface area contributed by atoms with Crippen molar-refractivity contribution >= 4 is 5.91 Å². The average Bonchev–Trinajstić information content (AvgIpc) is 2.15. The molecule has 0 aliphatic carbocycles. The van der Waals surface area contributed by atoms with Gasteiger partial charge in [-0.3, -0.25) is 4.79 Å². The minimum absolute atomic E-state index is 0.157. The van der Waals surface area contributed by atoms with Crippen molar-refractivity contribution in [3.63, 3.8) is 0 Å². The summed E-state index contributed by atoms with van der Waals surface area (Å²) in [6.45, 7) is 3.40. The fourth-order valence-corrected chi connectivity index (χ4v) is 0.926. The maximum Gasteiger partial charge on any atom is 0.278 e. The molecule has 0 saturated carbocycles. The molecular weight excluding hydrogens is 182 g/mol. The van der Waals surface area contributed by atoms with Crippen LogP contribution in [0.3, 0.4) is 0 Å². The van der Waals surface area contributed by atoms with E-state index < -0.39 is 6.10 Å². The third kappa shape index (κ3) is 4.36. The second-order valence-electron chi connectivity index (χ2n) is 3.06. The molecule has 3 N–H and O–H groups in total. The molecule has 0 aromatic carbocycles. The number of carbonyl (C=O) groups is 1. The van der Waals surface area contributed by atoms with Gasteiger partial charge in [0.25, 0.3) is 5.91 Å². The molecule has 0 saturated heterocycles. The van der Waals surface area contributed by atoms with E-state index in [1.165, 1.54) is 5.12 Å². The molecule has 14 heavy (non-hydrogen) atoms. The quantitative estimate of drug-likeness (QED) is 0.426. The summed E-state index contributed by atoms with van der Waals surface area (Å²) in [6, 6.07) is 0. The van der Waals surface area contributed by atoms with Gasteiger partial charge in [-0.1, -0.05) is 6.08 Å². The summed E-state index contributed by atoms with van der Waals surface area (Å²) in [5, 5.41) is 10.3. The first-order valence-electron chi connectivity index (χ1n) is 4.57. The van der Waals surface area contributed by atoms with E-state index in [-0.39, 0.29) is 5.91 Å². The zero-order chi connectivity index (χ0) is 11.1. The van der Waals surface area contributed by atoms with Crippen molar-refractivity contribution < 1.29 is 9.90 Å². The molecule has 0 spiro atoms. The number of carbonyl (C=O) groups excluding carboxylic acids is 1. The molecule has 0 aliphatic rings. The Balaban J connectivity index is 4.29. The lowest BCUT2D eigenvalue weighted by Gasteiger charge is -2.19. The van der Waals surface area contributed by atoms with Crippen molar-refractivity contribution in [1.82, 2.24) is 16.0 Å². The van der Waals surface area contributed by atoms with E-state index >= 15 is 0 Å². The van der Waals surface area contributed by atoms with Crippen LogP contribution in [0.25, 0.3) is 0 Å². The SMILES string of the molecule is CNN(NC)C(=O)C(C)=CCC(C)O. The van der Waals surface area contributed by atoms with E-state index in [0.717, 1.165) is 0 Å². The van der Waals surface area contributed by atoms with Crippen LogP contribution < -0.4 is 10.9 Å². The van der Waals surface area contributed by atoms with Gasteiger partial charge in [0, 0.05) is 19.7 Å². The number of amides is 1. The predicted octanol–water partition coefficient (Wildman–Crippen LogP) is -0.199. The summed E-state index contributed by atoms with van der Waals surface area (Å²) < 4.78 is 0. The number of hydrogen-bond acceptors (Lipinski definition) is 4. The first-order chi connectivity index (χ1) is 6.52. The summed E-state index contributed by atoms with van der Waals surface area (Å²) in [7, 11) is 3.30. The normalized spacial score (nSPS) is 13.9. The standard InChI is InChI=1S/C9H19N3O2/c1-7(5-6-8(2)13)9(14)12(10-3)11-4/h5,8,10-11,13H,6H2,1-4H3. The largest absolute Gasteiger partial charge is 0.393 e. The molecule has 0 aliphatic heterocycles. The molecule has 0 aromatic rings. The molecule has 5 heteroatoms. The lowest BCUT2D eigenvalue weighted by molar-refractivity contribution is -0.132. The van der Waals surface area contributed by atoms with Gasteiger partial charge < -0.3 is 5.11 Å². The summed E-state index contributed by atoms with van der Waals surface area (Å²) >= 11 is 0. The van der Waals surface area contributed by atoms with Gasteiger partial charge in [-0.2, -0.15) is 0 Å². The minimum Gasteiger partial charge on any atom is -0.393 e. The van der Waals surface area contributed by atoms with Gasteiger partial charge in [0.2, 0.25) is 0 Å². The van der Waals surface area contributed by atoms with E-state index in [1.807, 2.05) is 0 Å². The molecule has 0 radical (unpaired) electrons. The van der Waals surface area contributed by atoms with Crippen LogP contribution in [0.1, 0.15) is 20.3 Å². The number of aliphatic hydroxyl groups is 1. The summed E-state index contributed by atoms with van der Waals surface area (Å²) in [5.41, 5.74) is 5.97. The summed E-state index contributed by atoms with van der Waals surface area (Å²) in [6.07, 6.45) is 1.78. The van der Waals surface area contributed by atoms with Crippen molar-refractivity contribution in [3.05, 3.63) is 11.6 Å². The maximum atomic E-state index is 11.6. The second-order valence-corrected chi connectivity index (χ2v) is 3.06. The van der Waals surface area contributed by atoms with Gasteiger partial charge in [0.15, 0.2) is 0 Å². The van der Waals surface area contributed by atoms with E-state index in [2.05, 4.69) is 10.9 Å². The smallest absolute Gasteiger partial charge is 0.278 e. The van der Waals surface area contributed by atoms with Gasteiger partial charge in [-0.15, -0.1) is 0 Å². The fraction of sp³-hybridized carbons (Fsp3) is 0.667. The topological polar surface area (TPSA) is 64.6 Å². The van der Waals surface area contributed by atoms with Gasteiger partial charge >= 0.3 is 0 Å². The van der Waals surface area contributed by atoms with Gasteiger partial charge in [-0.25, -0.2) is 16.0 Å².